The summed E-state index contributed by atoms with van der Waals surface area (Å²) in [5.41, 5.74) is 1.29. The standard InChI is InChI=1S/C16H25N3OS/c1-18(2)10-11-19(16-17-9-4-12-21-16)13-14-5-7-15(20-3)8-6-14/h5-8H,4,9-13H2,1-3H3. The predicted octanol–water partition coefficient (Wildman–Crippen LogP) is 2.55. The molecule has 0 aromatic heterocycles. The molecule has 5 heteroatoms. The van der Waals surface area contributed by atoms with Crippen LogP contribution in [0.1, 0.15) is 12.0 Å². The second-order valence-electron chi connectivity index (χ2n) is 5.44. The van der Waals surface area contributed by atoms with E-state index in [9.17, 15) is 0 Å². The van der Waals surface area contributed by atoms with Gasteiger partial charge in [0.05, 0.1) is 7.11 Å². The first-order chi connectivity index (χ1) is 10.2. The van der Waals surface area contributed by atoms with Gasteiger partial charge < -0.3 is 14.5 Å². The quantitative estimate of drug-likeness (QED) is 0.807. The van der Waals surface area contributed by atoms with Crippen molar-refractivity contribution >= 4 is 16.9 Å². The number of nitrogens with zero attached hydrogens (tertiary/aromatic N) is 3. The molecule has 0 unspecified atom stereocenters. The van der Waals surface area contributed by atoms with Crippen molar-refractivity contribution in [3.8, 4) is 5.75 Å². The lowest BCUT2D eigenvalue weighted by molar-refractivity contribution is 0.328. The molecule has 0 saturated heterocycles. The Labute approximate surface area is 132 Å². The minimum absolute atomic E-state index is 0.906. The summed E-state index contributed by atoms with van der Waals surface area (Å²) in [5, 5.41) is 1.19. The van der Waals surface area contributed by atoms with Gasteiger partial charge in [0, 0.05) is 31.9 Å². The second-order valence-corrected chi connectivity index (χ2v) is 6.50. The van der Waals surface area contributed by atoms with Gasteiger partial charge in [-0.05, 0) is 38.2 Å². The lowest BCUT2D eigenvalue weighted by atomic mass is 10.2. The van der Waals surface area contributed by atoms with Gasteiger partial charge in [0.25, 0.3) is 0 Å². The lowest BCUT2D eigenvalue weighted by Gasteiger charge is -2.28. The summed E-state index contributed by atoms with van der Waals surface area (Å²) in [4.78, 5) is 9.31. The molecule has 2 rings (SSSR count). The van der Waals surface area contributed by atoms with E-state index in [0.717, 1.165) is 31.9 Å². The summed E-state index contributed by atoms with van der Waals surface area (Å²) in [6.45, 7) is 3.91. The molecule has 1 heterocycles. The Morgan fingerprint density at radius 3 is 2.52 bits per heavy atom. The first-order valence-electron chi connectivity index (χ1n) is 7.39. The third kappa shape index (κ3) is 5.25. The number of thioether (sulfide) groups is 1. The number of hydrogen-bond donors (Lipinski definition) is 0. The van der Waals surface area contributed by atoms with E-state index in [2.05, 4.69) is 36.0 Å². The van der Waals surface area contributed by atoms with E-state index in [4.69, 9.17) is 9.73 Å². The van der Waals surface area contributed by atoms with Crippen LogP contribution < -0.4 is 4.74 Å². The smallest absolute Gasteiger partial charge is 0.159 e. The maximum Gasteiger partial charge on any atom is 0.159 e. The van der Waals surface area contributed by atoms with E-state index in [1.54, 1.807) is 7.11 Å². The summed E-state index contributed by atoms with van der Waals surface area (Å²) >= 11 is 1.88. The molecular formula is C16H25N3OS. The van der Waals surface area contributed by atoms with Crippen LogP contribution in [0, 0.1) is 0 Å². The highest BCUT2D eigenvalue weighted by Gasteiger charge is 2.15. The third-order valence-corrected chi connectivity index (χ3v) is 4.54. The van der Waals surface area contributed by atoms with Crippen LogP contribution in [0.5, 0.6) is 5.75 Å². The van der Waals surface area contributed by atoms with Gasteiger partial charge in [-0.2, -0.15) is 0 Å². The highest BCUT2D eigenvalue weighted by atomic mass is 32.2. The van der Waals surface area contributed by atoms with Gasteiger partial charge >= 0.3 is 0 Å². The highest BCUT2D eigenvalue weighted by molar-refractivity contribution is 8.13. The van der Waals surface area contributed by atoms with Crippen molar-refractivity contribution in [2.24, 2.45) is 4.99 Å². The topological polar surface area (TPSA) is 28.1 Å². The van der Waals surface area contributed by atoms with Crippen LogP contribution >= 0.6 is 11.8 Å². The molecule has 0 spiro atoms. The fourth-order valence-corrected chi connectivity index (χ4v) is 3.13. The molecular weight excluding hydrogens is 282 g/mol. The number of rotatable bonds is 6. The van der Waals surface area contributed by atoms with E-state index >= 15 is 0 Å². The van der Waals surface area contributed by atoms with Gasteiger partial charge in [-0.1, -0.05) is 23.9 Å². The van der Waals surface area contributed by atoms with Crippen LogP contribution in [-0.4, -0.2) is 61.6 Å². The van der Waals surface area contributed by atoms with Crippen molar-refractivity contribution in [1.82, 2.24) is 9.80 Å². The maximum atomic E-state index is 5.22. The summed E-state index contributed by atoms with van der Waals surface area (Å²) in [6.07, 6.45) is 1.19. The zero-order valence-corrected chi connectivity index (χ0v) is 14.0. The van der Waals surface area contributed by atoms with E-state index in [-0.39, 0.29) is 0 Å². The predicted molar refractivity (Wildman–Crippen MR) is 91.3 cm³/mol. The highest BCUT2D eigenvalue weighted by Crippen LogP contribution is 2.19. The molecule has 116 valence electrons. The molecule has 0 radical (unpaired) electrons. The Morgan fingerprint density at radius 2 is 1.95 bits per heavy atom. The molecule has 0 atom stereocenters. The molecule has 0 saturated carbocycles. The molecule has 0 amide bonds. The summed E-state index contributed by atoms with van der Waals surface area (Å²) < 4.78 is 5.22. The van der Waals surface area contributed by atoms with E-state index in [0.29, 0.717) is 0 Å². The lowest BCUT2D eigenvalue weighted by Crippen LogP contribution is -2.36. The van der Waals surface area contributed by atoms with Crippen LogP contribution in [0.25, 0.3) is 0 Å². The second kappa shape index (κ2) is 8.29. The van der Waals surface area contributed by atoms with E-state index in [1.165, 1.54) is 22.9 Å². The average Bonchev–Trinajstić information content (AvgIpc) is 2.52. The number of likely N-dealkylation sites (N-methyl/N-ethyl adjacent to an activating group) is 1. The number of methoxy groups -OCH3 is 1. The minimum Gasteiger partial charge on any atom is -0.497 e. The average molecular weight is 307 g/mol. The fraction of sp³-hybridized carbons (Fsp3) is 0.562. The zero-order chi connectivity index (χ0) is 15.1. The van der Waals surface area contributed by atoms with Crippen molar-refractivity contribution in [3.63, 3.8) is 0 Å². The van der Waals surface area contributed by atoms with Crippen molar-refractivity contribution in [2.45, 2.75) is 13.0 Å². The molecule has 1 aliphatic heterocycles. The zero-order valence-electron chi connectivity index (χ0n) is 13.2. The Morgan fingerprint density at radius 1 is 1.19 bits per heavy atom. The first-order valence-corrected chi connectivity index (χ1v) is 8.37. The van der Waals surface area contributed by atoms with Crippen LogP contribution in [0.15, 0.2) is 29.3 Å². The molecule has 1 aliphatic rings. The molecule has 0 aliphatic carbocycles. The van der Waals surface area contributed by atoms with Gasteiger partial charge in [-0.25, -0.2) is 0 Å². The number of ether oxygens (including phenoxy) is 1. The van der Waals surface area contributed by atoms with Gasteiger partial charge in [0.1, 0.15) is 5.75 Å². The van der Waals surface area contributed by atoms with Crippen molar-refractivity contribution in [1.29, 1.82) is 0 Å². The van der Waals surface area contributed by atoms with Gasteiger partial charge in [-0.3, -0.25) is 4.99 Å². The first kappa shape index (κ1) is 16.2. The molecule has 21 heavy (non-hydrogen) atoms. The van der Waals surface area contributed by atoms with Crippen LogP contribution in [0.4, 0.5) is 0 Å². The Hall–Kier alpha value is -1.20. The molecule has 4 nitrogen and oxygen atoms in total. The monoisotopic (exact) mass is 307 g/mol. The molecule has 1 aromatic carbocycles. The summed E-state index contributed by atoms with van der Waals surface area (Å²) in [6, 6.07) is 8.32. The van der Waals surface area contributed by atoms with Crippen LogP contribution in [0.3, 0.4) is 0 Å². The largest absolute Gasteiger partial charge is 0.497 e. The third-order valence-electron chi connectivity index (χ3n) is 3.40. The Bertz CT molecular complexity index is 459. The number of benzene rings is 1. The Kier molecular flexibility index (Phi) is 6.39. The fourth-order valence-electron chi connectivity index (χ4n) is 2.15. The summed E-state index contributed by atoms with van der Waals surface area (Å²) in [5.74, 6) is 2.09. The normalized spacial score (nSPS) is 15.0. The van der Waals surface area contributed by atoms with Crippen molar-refractivity contribution in [3.05, 3.63) is 29.8 Å². The number of aliphatic imine (C=N–C) groups is 1. The van der Waals surface area contributed by atoms with Gasteiger partial charge in [0.15, 0.2) is 5.17 Å². The van der Waals surface area contributed by atoms with Crippen LogP contribution in [0.2, 0.25) is 0 Å². The maximum absolute atomic E-state index is 5.22. The number of hydrogen-bond acceptors (Lipinski definition) is 5. The summed E-state index contributed by atoms with van der Waals surface area (Å²) in [7, 11) is 5.93. The van der Waals surface area contributed by atoms with E-state index in [1.807, 2.05) is 23.9 Å². The van der Waals surface area contributed by atoms with Gasteiger partial charge in [0.2, 0.25) is 0 Å². The van der Waals surface area contributed by atoms with Crippen LogP contribution in [-0.2, 0) is 6.54 Å². The molecule has 1 aromatic rings. The van der Waals surface area contributed by atoms with Crippen molar-refractivity contribution in [2.75, 3.05) is 46.6 Å². The molecule has 0 N–H and O–H groups in total. The Balaban J connectivity index is 2.04. The number of amidine groups is 1. The molecule has 0 bridgehead atoms. The SMILES string of the molecule is COc1ccc(CN(CCN(C)C)C2=NCCCS2)cc1. The minimum atomic E-state index is 0.906. The molecule has 0 fully saturated rings. The van der Waals surface area contributed by atoms with E-state index < -0.39 is 0 Å². The van der Waals surface area contributed by atoms with Gasteiger partial charge in [-0.15, -0.1) is 0 Å². The van der Waals surface area contributed by atoms with Crippen molar-refractivity contribution < 1.29 is 4.74 Å².